The van der Waals surface area contributed by atoms with Crippen LogP contribution in [0.15, 0.2) is 70.5 Å². The number of hydrogen-bond acceptors (Lipinski definition) is 5. The first-order valence-electron chi connectivity index (χ1n) is 7.41. The highest BCUT2D eigenvalue weighted by molar-refractivity contribution is 5.99. The van der Waals surface area contributed by atoms with Crippen LogP contribution in [-0.4, -0.2) is 25.2 Å². The maximum absolute atomic E-state index is 12.6. The molecule has 0 atom stereocenters. The Morgan fingerprint density at radius 1 is 0.920 bits per heavy atom. The Balaban J connectivity index is 1.86. The van der Waals surface area contributed by atoms with Gasteiger partial charge < -0.3 is 0 Å². The molecule has 0 saturated heterocycles. The summed E-state index contributed by atoms with van der Waals surface area (Å²) in [5.74, 6) is -0.475. The Hall–Kier alpha value is -3.81. The lowest BCUT2D eigenvalue weighted by Gasteiger charge is -2.09. The normalized spacial score (nSPS) is 10.9. The lowest BCUT2D eigenvalue weighted by molar-refractivity contribution is 0.101. The summed E-state index contributed by atoms with van der Waals surface area (Å²) in [6.07, 6.45) is 1.08. The first-order chi connectivity index (χ1) is 12.1. The number of carbonyl (C=O) groups is 1. The van der Waals surface area contributed by atoms with Gasteiger partial charge >= 0.3 is 5.56 Å². The molecule has 25 heavy (non-hydrogen) atoms. The topological polar surface area (TPSA) is 98.4 Å². The molecule has 4 rings (SSSR count). The summed E-state index contributed by atoms with van der Waals surface area (Å²) in [6, 6.07) is 15.1. The van der Waals surface area contributed by atoms with E-state index >= 15 is 0 Å². The third-order valence-electron chi connectivity index (χ3n) is 3.70. The van der Waals surface area contributed by atoms with Gasteiger partial charge in [0.25, 0.3) is 11.5 Å². The summed E-state index contributed by atoms with van der Waals surface area (Å²) in [5, 5.41) is 4.29. The van der Waals surface area contributed by atoms with E-state index in [0.717, 1.165) is 15.5 Å². The number of fused-ring (bicyclic) bond motifs is 2. The predicted octanol–water partition coefficient (Wildman–Crippen LogP) is 0.788. The summed E-state index contributed by atoms with van der Waals surface area (Å²) in [4.78, 5) is 41.4. The van der Waals surface area contributed by atoms with Gasteiger partial charge in [0.1, 0.15) is 6.33 Å². The highest BCUT2D eigenvalue weighted by atomic mass is 16.2. The largest absolute Gasteiger partial charge is 0.315 e. The van der Waals surface area contributed by atoms with Crippen molar-refractivity contribution in [3.8, 4) is 0 Å². The van der Waals surface area contributed by atoms with E-state index in [1.807, 2.05) is 0 Å². The van der Waals surface area contributed by atoms with Gasteiger partial charge in [0.05, 0.1) is 10.9 Å². The van der Waals surface area contributed by atoms with Crippen LogP contribution in [0.4, 0.5) is 0 Å². The SMILES string of the molecule is O=C(Nn1cnn2c(=O)c3ccccc3nc2c1=O)c1ccccc1. The van der Waals surface area contributed by atoms with Crippen molar-refractivity contribution < 1.29 is 4.79 Å². The van der Waals surface area contributed by atoms with Crippen molar-refractivity contribution in [2.75, 3.05) is 5.43 Å². The molecule has 0 unspecified atom stereocenters. The number of amides is 1. The van der Waals surface area contributed by atoms with Gasteiger partial charge in [-0.3, -0.25) is 19.8 Å². The molecule has 122 valence electrons. The molecule has 0 aliphatic carbocycles. The quantitative estimate of drug-likeness (QED) is 0.547. The van der Waals surface area contributed by atoms with Crippen LogP contribution < -0.4 is 16.5 Å². The molecule has 0 radical (unpaired) electrons. The first kappa shape index (κ1) is 14.8. The fourth-order valence-corrected chi connectivity index (χ4v) is 2.48. The Morgan fingerprint density at radius 2 is 1.64 bits per heavy atom. The molecule has 2 aromatic carbocycles. The van der Waals surface area contributed by atoms with Crippen molar-refractivity contribution in [1.82, 2.24) is 19.3 Å². The van der Waals surface area contributed by atoms with E-state index in [9.17, 15) is 14.4 Å². The second kappa shape index (κ2) is 5.68. The van der Waals surface area contributed by atoms with E-state index in [2.05, 4.69) is 15.5 Å². The average Bonchev–Trinajstić information content (AvgIpc) is 2.65. The van der Waals surface area contributed by atoms with E-state index in [0.29, 0.717) is 16.5 Å². The van der Waals surface area contributed by atoms with E-state index < -0.39 is 17.0 Å². The van der Waals surface area contributed by atoms with Crippen molar-refractivity contribution in [3.05, 3.63) is 87.2 Å². The number of para-hydroxylation sites is 1. The number of hydrogen-bond donors (Lipinski definition) is 1. The molecule has 8 nitrogen and oxygen atoms in total. The lowest BCUT2D eigenvalue weighted by Crippen LogP contribution is -2.37. The van der Waals surface area contributed by atoms with Crippen molar-refractivity contribution >= 4 is 22.5 Å². The minimum Gasteiger partial charge on any atom is -0.267 e. The van der Waals surface area contributed by atoms with Crippen molar-refractivity contribution in [1.29, 1.82) is 0 Å². The fraction of sp³-hybridized carbons (Fsp3) is 0. The zero-order valence-corrected chi connectivity index (χ0v) is 12.8. The van der Waals surface area contributed by atoms with E-state index in [-0.39, 0.29) is 5.65 Å². The second-order valence-corrected chi connectivity index (χ2v) is 5.28. The van der Waals surface area contributed by atoms with Crippen molar-refractivity contribution in [2.45, 2.75) is 0 Å². The standard InChI is InChI=1S/C17H11N5O3/c23-15(11-6-2-1-3-7-11)20-21-10-18-22-14(17(21)25)19-13-9-5-4-8-12(13)16(22)24/h1-10H,(H,20,23). The molecular weight excluding hydrogens is 322 g/mol. The first-order valence-corrected chi connectivity index (χ1v) is 7.41. The summed E-state index contributed by atoms with van der Waals surface area (Å²) < 4.78 is 1.84. The third kappa shape index (κ3) is 2.45. The summed E-state index contributed by atoms with van der Waals surface area (Å²) in [6.45, 7) is 0. The molecule has 0 aliphatic heterocycles. The van der Waals surface area contributed by atoms with E-state index in [1.165, 1.54) is 0 Å². The van der Waals surface area contributed by atoms with Gasteiger partial charge in [0, 0.05) is 5.56 Å². The van der Waals surface area contributed by atoms with Crippen LogP contribution in [-0.2, 0) is 0 Å². The molecule has 1 N–H and O–H groups in total. The fourth-order valence-electron chi connectivity index (χ4n) is 2.48. The Bertz CT molecular complexity index is 1230. The van der Waals surface area contributed by atoms with Gasteiger partial charge in [0.2, 0.25) is 5.65 Å². The Labute approximate surface area is 140 Å². The minimum absolute atomic E-state index is 0.167. The number of aromatic nitrogens is 4. The molecule has 4 aromatic rings. The molecule has 0 aliphatic rings. The maximum Gasteiger partial charge on any atom is 0.315 e. The molecule has 0 spiro atoms. The van der Waals surface area contributed by atoms with Gasteiger partial charge in [-0.2, -0.15) is 9.61 Å². The number of nitrogens with zero attached hydrogens (tertiary/aromatic N) is 4. The minimum atomic E-state index is -0.651. The molecule has 2 heterocycles. The predicted molar refractivity (Wildman–Crippen MR) is 91.2 cm³/mol. The van der Waals surface area contributed by atoms with Crippen molar-refractivity contribution in [2.24, 2.45) is 0 Å². The van der Waals surface area contributed by atoms with Gasteiger partial charge in [-0.1, -0.05) is 30.3 Å². The van der Waals surface area contributed by atoms with Gasteiger partial charge in [-0.05, 0) is 24.3 Å². The van der Waals surface area contributed by atoms with Gasteiger partial charge in [0.15, 0.2) is 0 Å². The number of nitrogens with one attached hydrogen (secondary N) is 1. The number of benzene rings is 2. The second-order valence-electron chi connectivity index (χ2n) is 5.28. The third-order valence-corrected chi connectivity index (χ3v) is 3.70. The van der Waals surface area contributed by atoms with Crippen LogP contribution in [0.25, 0.3) is 16.6 Å². The molecule has 8 heteroatoms. The molecule has 0 fully saturated rings. The lowest BCUT2D eigenvalue weighted by atomic mass is 10.2. The molecule has 2 aromatic heterocycles. The van der Waals surface area contributed by atoms with Crippen LogP contribution in [0.5, 0.6) is 0 Å². The Kier molecular flexibility index (Phi) is 3.35. The maximum atomic E-state index is 12.6. The van der Waals surface area contributed by atoms with Crippen LogP contribution in [0.3, 0.4) is 0 Å². The summed E-state index contributed by atoms with van der Waals surface area (Å²) in [5.41, 5.74) is 1.95. The highest BCUT2D eigenvalue weighted by Gasteiger charge is 2.13. The molecule has 0 bridgehead atoms. The number of carbonyl (C=O) groups excluding carboxylic acids is 1. The van der Waals surface area contributed by atoms with Crippen LogP contribution >= 0.6 is 0 Å². The zero-order chi connectivity index (χ0) is 17.4. The summed E-state index contributed by atoms with van der Waals surface area (Å²) in [7, 11) is 0. The zero-order valence-electron chi connectivity index (χ0n) is 12.8. The van der Waals surface area contributed by atoms with Crippen LogP contribution in [0, 0.1) is 0 Å². The van der Waals surface area contributed by atoms with Gasteiger partial charge in [-0.15, -0.1) is 0 Å². The molecule has 0 saturated carbocycles. The summed E-state index contributed by atoms with van der Waals surface area (Å²) >= 11 is 0. The van der Waals surface area contributed by atoms with Crippen LogP contribution in [0.2, 0.25) is 0 Å². The van der Waals surface area contributed by atoms with E-state index in [1.54, 1.807) is 54.6 Å². The molecule has 1 amide bonds. The Morgan fingerprint density at radius 3 is 2.44 bits per heavy atom. The molecular formula is C17H11N5O3. The smallest absolute Gasteiger partial charge is 0.267 e. The van der Waals surface area contributed by atoms with Gasteiger partial charge in [-0.25, -0.2) is 9.66 Å². The highest BCUT2D eigenvalue weighted by Crippen LogP contribution is 2.06. The average molecular weight is 333 g/mol. The van der Waals surface area contributed by atoms with Crippen molar-refractivity contribution in [3.63, 3.8) is 0 Å². The monoisotopic (exact) mass is 333 g/mol. The van der Waals surface area contributed by atoms with Crippen LogP contribution in [0.1, 0.15) is 10.4 Å². The number of rotatable bonds is 2. The van der Waals surface area contributed by atoms with E-state index in [4.69, 9.17) is 0 Å².